The van der Waals surface area contributed by atoms with Crippen molar-refractivity contribution in [2.45, 2.75) is 6.92 Å². The first-order valence-electron chi connectivity index (χ1n) is 5.34. The van der Waals surface area contributed by atoms with Gasteiger partial charge in [0, 0.05) is 10.9 Å². The molecule has 0 fully saturated rings. The summed E-state index contributed by atoms with van der Waals surface area (Å²) in [7, 11) is 0. The standard InChI is InChI=1S/C13H9BrF2O2S/c1-7-2-3-12(19-7)11(17)6-18-13-9(14)4-8(15)5-10(13)16/h2-5H,6H2,1H3. The highest BCUT2D eigenvalue weighted by Gasteiger charge is 2.14. The summed E-state index contributed by atoms with van der Waals surface area (Å²) in [5, 5.41) is 0. The lowest BCUT2D eigenvalue weighted by atomic mass is 10.3. The normalized spacial score (nSPS) is 10.5. The van der Waals surface area contributed by atoms with Crippen LogP contribution in [0.5, 0.6) is 5.75 Å². The molecule has 1 heterocycles. The van der Waals surface area contributed by atoms with E-state index in [-0.39, 0.29) is 22.6 Å². The first-order valence-corrected chi connectivity index (χ1v) is 6.95. The number of ketones is 1. The summed E-state index contributed by atoms with van der Waals surface area (Å²) in [6.45, 7) is 1.60. The third-order valence-electron chi connectivity index (χ3n) is 2.33. The Balaban J connectivity index is 2.09. The monoisotopic (exact) mass is 346 g/mol. The second-order valence-electron chi connectivity index (χ2n) is 3.82. The highest BCUT2D eigenvalue weighted by molar-refractivity contribution is 9.10. The van der Waals surface area contributed by atoms with E-state index in [9.17, 15) is 13.6 Å². The fourth-order valence-electron chi connectivity index (χ4n) is 1.46. The molecule has 1 aromatic heterocycles. The minimum Gasteiger partial charge on any atom is -0.481 e. The molecule has 0 radical (unpaired) electrons. The number of carbonyl (C=O) groups is 1. The van der Waals surface area contributed by atoms with Gasteiger partial charge < -0.3 is 4.74 Å². The van der Waals surface area contributed by atoms with Crippen LogP contribution in [0, 0.1) is 18.6 Å². The van der Waals surface area contributed by atoms with E-state index in [1.807, 2.05) is 13.0 Å². The van der Waals surface area contributed by atoms with Gasteiger partial charge in [0.2, 0.25) is 5.78 Å². The second-order valence-corrected chi connectivity index (χ2v) is 5.96. The van der Waals surface area contributed by atoms with Crippen LogP contribution in [0.4, 0.5) is 8.78 Å². The van der Waals surface area contributed by atoms with Gasteiger partial charge in [-0.1, -0.05) is 0 Å². The maximum Gasteiger partial charge on any atom is 0.210 e. The molecule has 0 aliphatic carbocycles. The third kappa shape index (κ3) is 3.39. The zero-order valence-corrected chi connectivity index (χ0v) is 12.3. The Hall–Kier alpha value is -1.27. The predicted molar refractivity (Wildman–Crippen MR) is 72.9 cm³/mol. The molecule has 100 valence electrons. The van der Waals surface area contributed by atoms with Gasteiger partial charge in [-0.05, 0) is 41.1 Å². The molecule has 0 aliphatic rings. The Labute approximate surface area is 121 Å². The van der Waals surface area contributed by atoms with E-state index in [1.165, 1.54) is 11.3 Å². The number of hydrogen-bond acceptors (Lipinski definition) is 3. The number of rotatable bonds is 4. The highest BCUT2D eigenvalue weighted by atomic mass is 79.9. The van der Waals surface area contributed by atoms with Crippen LogP contribution in [0.15, 0.2) is 28.7 Å². The molecule has 0 bridgehead atoms. The maximum absolute atomic E-state index is 13.5. The maximum atomic E-state index is 13.5. The van der Waals surface area contributed by atoms with Crippen LogP contribution in [0.2, 0.25) is 0 Å². The lowest BCUT2D eigenvalue weighted by Crippen LogP contribution is -2.11. The van der Waals surface area contributed by atoms with E-state index < -0.39 is 11.6 Å². The van der Waals surface area contributed by atoms with Crippen molar-refractivity contribution in [3.63, 3.8) is 0 Å². The van der Waals surface area contributed by atoms with Crippen LogP contribution in [-0.2, 0) is 0 Å². The van der Waals surface area contributed by atoms with Crippen molar-refractivity contribution in [2.24, 2.45) is 0 Å². The van der Waals surface area contributed by atoms with E-state index in [0.717, 1.165) is 10.9 Å². The number of aryl methyl sites for hydroxylation is 1. The summed E-state index contributed by atoms with van der Waals surface area (Å²) < 4.78 is 31.6. The fraction of sp³-hybridized carbons (Fsp3) is 0.154. The molecule has 0 N–H and O–H groups in total. The van der Waals surface area contributed by atoms with Crippen molar-refractivity contribution in [1.82, 2.24) is 0 Å². The Bertz CT molecular complexity index is 602. The Morgan fingerprint density at radius 2 is 2.11 bits per heavy atom. The summed E-state index contributed by atoms with van der Waals surface area (Å²) >= 11 is 4.34. The molecule has 0 spiro atoms. The fourth-order valence-corrected chi connectivity index (χ4v) is 2.77. The number of carbonyl (C=O) groups excluding carboxylic acids is 1. The Morgan fingerprint density at radius 1 is 1.37 bits per heavy atom. The lowest BCUT2D eigenvalue weighted by molar-refractivity contribution is 0.0922. The first-order chi connectivity index (χ1) is 8.97. The number of halogens is 3. The van der Waals surface area contributed by atoms with Gasteiger partial charge in [-0.3, -0.25) is 4.79 Å². The third-order valence-corrected chi connectivity index (χ3v) is 3.96. The number of Topliss-reactive ketones (excluding diaryl/α,β-unsaturated/α-hetero) is 1. The topological polar surface area (TPSA) is 26.3 Å². The van der Waals surface area contributed by atoms with Gasteiger partial charge in [-0.25, -0.2) is 8.78 Å². The summed E-state index contributed by atoms with van der Waals surface area (Å²) in [5.41, 5.74) is 0. The van der Waals surface area contributed by atoms with Crippen molar-refractivity contribution in [3.8, 4) is 5.75 Å². The van der Waals surface area contributed by atoms with Crippen molar-refractivity contribution in [1.29, 1.82) is 0 Å². The molecule has 6 heteroatoms. The van der Waals surface area contributed by atoms with Gasteiger partial charge in [0.1, 0.15) is 5.82 Å². The summed E-state index contributed by atoms with van der Waals surface area (Å²) in [6.07, 6.45) is 0. The van der Waals surface area contributed by atoms with Crippen LogP contribution >= 0.6 is 27.3 Å². The molecule has 0 amide bonds. The molecule has 0 unspecified atom stereocenters. The van der Waals surface area contributed by atoms with Crippen LogP contribution in [-0.4, -0.2) is 12.4 Å². The van der Waals surface area contributed by atoms with Gasteiger partial charge >= 0.3 is 0 Å². The molecule has 2 nitrogen and oxygen atoms in total. The summed E-state index contributed by atoms with van der Waals surface area (Å²) in [6, 6.07) is 5.31. The van der Waals surface area contributed by atoms with E-state index in [0.29, 0.717) is 10.9 Å². The minimum absolute atomic E-state index is 0.139. The van der Waals surface area contributed by atoms with Gasteiger partial charge in [-0.2, -0.15) is 0 Å². The molecule has 0 saturated heterocycles. The number of benzene rings is 1. The van der Waals surface area contributed by atoms with Gasteiger partial charge in [-0.15, -0.1) is 11.3 Å². The number of hydrogen-bond donors (Lipinski definition) is 0. The molecule has 1 aromatic carbocycles. The molecule has 19 heavy (non-hydrogen) atoms. The van der Waals surface area contributed by atoms with E-state index >= 15 is 0 Å². The van der Waals surface area contributed by atoms with Crippen molar-refractivity contribution >= 4 is 33.0 Å². The molecule has 2 rings (SSSR count). The molecular formula is C13H9BrF2O2S. The van der Waals surface area contributed by atoms with E-state index in [1.54, 1.807) is 6.07 Å². The van der Waals surface area contributed by atoms with Crippen molar-refractivity contribution < 1.29 is 18.3 Å². The average Bonchev–Trinajstić information content (AvgIpc) is 2.74. The molecule has 0 saturated carbocycles. The van der Waals surface area contributed by atoms with E-state index in [4.69, 9.17) is 4.74 Å². The largest absolute Gasteiger partial charge is 0.481 e. The molecule has 0 aliphatic heterocycles. The quantitative estimate of drug-likeness (QED) is 0.769. The van der Waals surface area contributed by atoms with Gasteiger partial charge in [0.25, 0.3) is 0 Å². The SMILES string of the molecule is Cc1ccc(C(=O)COc2c(F)cc(F)cc2Br)s1. The van der Waals surface area contributed by atoms with Crippen LogP contribution in [0.25, 0.3) is 0 Å². The highest BCUT2D eigenvalue weighted by Crippen LogP contribution is 2.29. The predicted octanol–water partition coefficient (Wildman–Crippen LogP) is 4.36. The first kappa shape index (κ1) is 14.1. The zero-order valence-electron chi connectivity index (χ0n) is 9.88. The molecule has 0 atom stereocenters. The molecule has 2 aromatic rings. The second kappa shape index (κ2) is 5.79. The van der Waals surface area contributed by atoms with Crippen LogP contribution < -0.4 is 4.74 Å². The van der Waals surface area contributed by atoms with Crippen LogP contribution in [0.1, 0.15) is 14.5 Å². The number of ether oxygens (including phenoxy) is 1. The van der Waals surface area contributed by atoms with E-state index in [2.05, 4.69) is 15.9 Å². The Kier molecular flexibility index (Phi) is 4.31. The zero-order chi connectivity index (χ0) is 14.0. The lowest BCUT2D eigenvalue weighted by Gasteiger charge is -2.08. The summed E-state index contributed by atoms with van der Waals surface area (Å²) in [4.78, 5) is 13.4. The smallest absolute Gasteiger partial charge is 0.210 e. The average molecular weight is 347 g/mol. The van der Waals surface area contributed by atoms with Gasteiger partial charge in [0.15, 0.2) is 18.2 Å². The molecular weight excluding hydrogens is 338 g/mol. The van der Waals surface area contributed by atoms with Gasteiger partial charge in [0.05, 0.1) is 9.35 Å². The number of thiophene rings is 1. The van der Waals surface area contributed by atoms with Crippen LogP contribution in [0.3, 0.4) is 0 Å². The minimum atomic E-state index is -0.845. The summed E-state index contributed by atoms with van der Waals surface area (Å²) in [5.74, 6) is -1.96. The van der Waals surface area contributed by atoms with Crippen molar-refractivity contribution in [3.05, 3.63) is 50.1 Å². The van der Waals surface area contributed by atoms with Crippen molar-refractivity contribution in [2.75, 3.05) is 6.61 Å². The Morgan fingerprint density at radius 3 is 2.68 bits per heavy atom.